The first kappa shape index (κ1) is 18.7. The number of para-hydroxylation sites is 1. The molecule has 1 atom stereocenters. The van der Waals surface area contributed by atoms with E-state index in [1.807, 2.05) is 31.2 Å². The number of rotatable bonds is 5. The van der Waals surface area contributed by atoms with Crippen LogP contribution in [0.5, 0.6) is 0 Å². The summed E-state index contributed by atoms with van der Waals surface area (Å²) in [5, 5.41) is 0.509. The van der Waals surface area contributed by atoms with Crippen LogP contribution in [0.1, 0.15) is 18.9 Å². The molecule has 0 fully saturated rings. The number of carbonyl (C=O) groups is 1. The minimum atomic E-state index is -3.65. The van der Waals surface area contributed by atoms with Crippen molar-refractivity contribution in [2.45, 2.75) is 25.8 Å². The van der Waals surface area contributed by atoms with Crippen molar-refractivity contribution in [3.05, 3.63) is 59.1 Å². The van der Waals surface area contributed by atoms with Gasteiger partial charge in [0.2, 0.25) is 10.0 Å². The van der Waals surface area contributed by atoms with Crippen LogP contribution in [0.4, 0.5) is 11.4 Å². The molecule has 5 nitrogen and oxygen atoms in total. The van der Waals surface area contributed by atoms with E-state index in [2.05, 4.69) is 0 Å². The van der Waals surface area contributed by atoms with Crippen molar-refractivity contribution in [1.29, 1.82) is 0 Å². The Kier molecular flexibility index (Phi) is 5.25. The standard InChI is InChI=1S/C19H21ClN2O3S/c1-3-17(19(23)21-13-12-14-6-4-5-7-18(14)21)22(26(2,24)25)16-10-8-15(20)9-11-16/h4-11,17H,3,12-13H2,1-2H3/t17-/m1/s1. The van der Waals surface area contributed by atoms with Gasteiger partial charge >= 0.3 is 0 Å². The molecule has 3 rings (SSSR count). The predicted octanol–water partition coefficient (Wildman–Crippen LogP) is 3.47. The molecule has 26 heavy (non-hydrogen) atoms. The van der Waals surface area contributed by atoms with Crippen LogP contribution in [0.25, 0.3) is 0 Å². The summed E-state index contributed by atoms with van der Waals surface area (Å²) in [4.78, 5) is 15.0. The molecule has 0 aromatic heterocycles. The summed E-state index contributed by atoms with van der Waals surface area (Å²) in [5.41, 5.74) is 2.40. The van der Waals surface area contributed by atoms with Gasteiger partial charge in [-0.05, 0) is 48.7 Å². The Morgan fingerprint density at radius 1 is 1.19 bits per heavy atom. The van der Waals surface area contributed by atoms with Gasteiger partial charge < -0.3 is 4.90 Å². The van der Waals surface area contributed by atoms with E-state index < -0.39 is 16.1 Å². The zero-order chi connectivity index (χ0) is 18.9. The molecule has 0 saturated heterocycles. The largest absolute Gasteiger partial charge is 0.310 e. The Labute approximate surface area is 159 Å². The highest BCUT2D eigenvalue weighted by Crippen LogP contribution is 2.31. The average Bonchev–Trinajstić information content (AvgIpc) is 3.03. The van der Waals surface area contributed by atoms with E-state index in [1.54, 1.807) is 29.2 Å². The maximum Gasteiger partial charge on any atom is 0.250 e. The molecule has 7 heteroatoms. The highest BCUT2D eigenvalue weighted by atomic mass is 35.5. The van der Waals surface area contributed by atoms with Crippen molar-refractivity contribution in [2.24, 2.45) is 0 Å². The first-order valence-electron chi connectivity index (χ1n) is 8.47. The van der Waals surface area contributed by atoms with Crippen molar-refractivity contribution >= 4 is 38.9 Å². The number of nitrogens with zero attached hydrogens (tertiary/aromatic N) is 2. The fourth-order valence-electron chi connectivity index (χ4n) is 3.38. The van der Waals surface area contributed by atoms with E-state index >= 15 is 0 Å². The van der Waals surface area contributed by atoms with Crippen LogP contribution in [0.15, 0.2) is 48.5 Å². The summed E-state index contributed by atoms with van der Waals surface area (Å²) >= 11 is 5.92. The number of sulfonamides is 1. The zero-order valence-electron chi connectivity index (χ0n) is 14.7. The van der Waals surface area contributed by atoms with Crippen molar-refractivity contribution in [3.63, 3.8) is 0 Å². The number of benzene rings is 2. The van der Waals surface area contributed by atoms with Gasteiger partial charge in [0.15, 0.2) is 0 Å². The van der Waals surface area contributed by atoms with Crippen molar-refractivity contribution in [3.8, 4) is 0 Å². The van der Waals surface area contributed by atoms with Crippen LogP contribution < -0.4 is 9.21 Å². The number of hydrogen-bond acceptors (Lipinski definition) is 3. The van der Waals surface area contributed by atoms with Crippen molar-refractivity contribution in [1.82, 2.24) is 0 Å². The number of halogens is 1. The summed E-state index contributed by atoms with van der Waals surface area (Å²) in [6.07, 6.45) is 2.26. The van der Waals surface area contributed by atoms with E-state index in [0.29, 0.717) is 23.7 Å². The first-order chi connectivity index (χ1) is 12.3. The van der Waals surface area contributed by atoms with Gasteiger partial charge in [0.05, 0.1) is 11.9 Å². The fourth-order valence-corrected chi connectivity index (χ4v) is 4.71. The third-order valence-corrected chi connectivity index (χ3v) is 5.98. The molecular formula is C19H21ClN2O3S. The number of amides is 1. The summed E-state index contributed by atoms with van der Waals surface area (Å²) in [7, 11) is -3.65. The van der Waals surface area contributed by atoms with E-state index in [-0.39, 0.29) is 5.91 Å². The molecule has 0 unspecified atom stereocenters. The molecule has 1 aliphatic rings. The molecule has 0 radical (unpaired) electrons. The third-order valence-electron chi connectivity index (χ3n) is 4.55. The first-order valence-corrected chi connectivity index (χ1v) is 10.7. The molecular weight excluding hydrogens is 372 g/mol. The lowest BCUT2D eigenvalue weighted by Gasteiger charge is -2.33. The number of fused-ring (bicyclic) bond motifs is 1. The molecule has 1 heterocycles. The second kappa shape index (κ2) is 7.29. The van der Waals surface area contributed by atoms with Crippen molar-refractivity contribution in [2.75, 3.05) is 22.0 Å². The lowest BCUT2D eigenvalue weighted by atomic mass is 10.1. The third kappa shape index (κ3) is 3.57. The Bertz CT molecular complexity index is 913. The van der Waals surface area contributed by atoms with Gasteiger partial charge in [0.1, 0.15) is 6.04 Å². The van der Waals surface area contributed by atoms with Crippen molar-refractivity contribution < 1.29 is 13.2 Å². The van der Waals surface area contributed by atoms with Crippen LogP contribution in [-0.4, -0.2) is 33.2 Å². The lowest BCUT2D eigenvalue weighted by molar-refractivity contribution is -0.119. The number of anilines is 2. The van der Waals surface area contributed by atoms with Crippen LogP contribution >= 0.6 is 11.6 Å². The van der Waals surface area contributed by atoms with Gasteiger partial charge in [-0.1, -0.05) is 36.7 Å². The second-order valence-electron chi connectivity index (χ2n) is 6.33. The van der Waals surface area contributed by atoms with Gasteiger partial charge in [-0.15, -0.1) is 0 Å². The van der Waals surface area contributed by atoms with Gasteiger partial charge in [0.25, 0.3) is 5.91 Å². The zero-order valence-corrected chi connectivity index (χ0v) is 16.3. The quantitative estimate of drug-likeness (QED) is 0.782. The topological polar surface area (TPSA) is 57.7 Å². The van der Waals surface area contributed by atoms with Gasteiger partial charge in [-0.3, -0.25) is 9.10 Å². The van der Waals surface area contributed by atoms with Crippen LogP contribution in [0, 0.1) is 0 Å². The SMILES string of the molecule is CC[C@H](C(=O)N1CCc2ccccc21)N(c1ccc(Cl)cc1)S(C)(=O)=O. The Morgan fingerprint density at radius 2 is 1.85 bits per heavy atom. The Hall–Kier alpha value is -2.05. The van der Waals surface area contributed by atoms with Crippen LogP contribution in [0.2, 0.25) is 5.02 Å². The fraction of sp³-hybridized carbons (Fsp3) is 0.316. The van der Waals surface area contributed by atoms with Crippen LogP contribution in [0.3, 0.4) is 0 Å². The predicted molar refractivity (Wildman–Crippen MR) is 105 cm³/mol. The smallest absolute Gasteiger partial charge is 0.250 e. The highest BCUT2D eigenvalue weighted by Gasteiger charge is 2.36. The van der Waals surface area contributed by atoms with Gasteiger partial charge in [-0.2, -0.15) is 0 Å². The van der Waals surface area contributed by atoms with E-state index in [1.165, 1.54) is 4.31 Å². The van der Waals surface area contributed by atoms with E-state index in [9.17, 15) is 13.2 Å². The normalized spacial score (nSPS) is 14.8. The molecule has 2 aromatic carbocycles. The second-order valence-corrected chi connectivity index (χ2v) is 8.62. The van der Waals surface area contributed by atoms with E-state index in [0.717, 1.165) is 23.9 Å². The van der Waals surface area contributed by atoms with E-state index in [4.69, 9.17) is 11.6 Å². The molecule has 0 saturated carbocycles. The highest BCUT2D eigenvalue weighted by molar-refractivity contribution is 7.92. The summed E-state index contributed by atoms with van der Waals surface area (Å²) in [6, 6.07) is 13.4. The Balaban J connectivity index is 1.99. The molecule has 0 aliphatic carbocycles. The maximum atomic E-state index is 13.3. The molecule has 138 valence electrons. The van der Waals surface area contributed by atoms with Crippen LogP contribution in [-0.2, 0) is 21.2 Å². The summed E-state index contributed by atoms with van der Waals surface area (Å²) < 4.78 is 26.2. The molecule has 0 N–H and O–H groups in total. The number of carbonyl (C=O) groups excluding carboxylic acids is 1. The molecule has 1 aliphatic heterocycles. The monoisotopic (exact) mass is 392 g/mol. The molecule has 0 bridgehead atoms. The molecule has 2 aromatic rings. The van der Waals surface area contributed by atoms with Gasteiger partial charge in [-0.25, -0.2) is 8.42 Å². The minimum Gasteiger partial charge on any atom is -0.310 e. The maximum absolute atomic E-state index is 13.3. The Morgan fingerprint density at radius 3 is 2.46 bits per heavy atom. The number of hydrogen-bond donors (Lipinski definition) is 0. The average molecular weight is 393 g/mol. The molecule has 1 amide bonds. The minimum absolute atomic E-state index is 0.210. The summed E-state index contributed by atoms with van der Waals surface area (Å²) in [5.74, 6) is -0.210. The van der Waals surface area contributed by atoms with Gasteiger partial charge in [0, 0.05) is 17.3 Å². The lowest BCUT2D eigenvalue weighted by Crippen LogP contribution is -2.50. The summed E-state index contributed by atoms with van der Waals surface area (Å²) in [6.45, 7) is 2.38. The molecule has 0 spiro atoms.